The predicted molar refractivity (Wildman–Crippen MR) is 46.4 cm³/mol. The van der Waals surface area contributed by atoms with E-state index in [1.165, 1.54) is 11.1 Å². The van der Waals surface area contributed by atoms with Crippen molar-refractivity contribution in [1.29, 1.82) is 0 Å². The van der Waals surface area contributed by atoms with Gasteiger partial charge in [-0.05, 0) is 13.8 Å². The highest BCUT2D eigenvalue weighted by atomic mass is 14.0. The summed E-state index contributed by atoms with van der Waals surface area (Å²) in [5.41, 5.74) is 3.53. The van der Waals surface area contributed by atoms with Gasteiger partial charge in [0.15, 0.2) is 0 Å². The Morgan fingerprint density at radius 2 is 2.09 bits per heavy atom. The van der Waals surface area contributed by atoms with Crippen molar-refractivity contribution in [2.75, 3.05) is 0 Å². The lowest BCUT2D eigenvalue weighted by Crippen LogP contribution is -1.85. The fraction of sp³-hybridized carbons (Fsp3) is 0.182. The van der Waals surface area contributed by atoms with Gasteiger partial charge in [0.25, 0.3) is 0 Å². The molecule has 0 bridgehead atoms. The van der Waals surface area contributed by atoms with Crippen LogP contribution in [0.25, 0.3) is 0 Å². The summed E-state index contributed by atoms with van der Waals surface area (Å²) in [5.74, 6) is 2.27. The summed E-state index contributed by atoms with van der Waals surface area (Å²) in [5, 5.41) is 0. The van der Waals surface area contributed by atoms with Gasteiger partial charge in [0.1, 0.15) is 0 Å². The molecule has 0 N–H and O–H groups in total. The summed E-state index contributed by atoms with van der Waals surface area (Å²) >= 11 is 0. The first-order valence-electron chi connectivity index (χ1n) is 3.57. The van der Waals surface area contributed by atoms with Crippen molar-refractivity contribution >= 4 is 0 Å². The standard InChI is InChI=1S/C11H10/c1-4-5-11-7-6-9(2)8-10(11)3/h5-8H,2-3H3/q-2. The van der Waals surface area contributed by atoms with E-state index in [2.05, 4.69) is 18.9 Å². The minimum Gasteiger partial charge on any atom is -0.729 e. The maximum Gasteiger partial charge on any atom is -0.0398 e. The highest BCUT2D eigenvalue weighted by Gasteiger charge is 1.86. The molecule has 1 rings (SSSR count). The van der Waals surface area contributed by atoms with E-state index in [0.29, 0.717) is 0 Å². The highest BCUT2D eigenvalue weighted by molar-refractivity contribution is 5.39. The van der Waals surface area contributed by atoms with Gasteiger partial charge in [-0.25, -0.2) is 0 Å². The Morgan fingerprint density at radius 1 is 1.36 bits per heavy atom. The number of hydrogen-bond donors (Lipinski definition) is 0. The summed E-state index contributed by atoms with van der Waals surface area (Å²) in [7, 11) is 0. The monoisotopic (exact) mass is 142 g/mol. The molecule has 0 nitrogen and oxygen atoms in total. The minimum absolute atomic E-state index is 1.07. The average molecular weight is 142 g/mol. The van der Waals surface area contributed by atoms with Gasteiger partial charge in [-0.2, -0.15) is 5.56 Å². The van der Waals surface area contributed by atoms with Gasteiger partial charge in [-0.15, -0.1) is 0 Å². The molecule has 0 aromatic heterocycles. The van der Waals surface area contributed by atoms with Crippen LogP contribution in [0.15, 0.2) is 18.2 Å². The molecule has 0 aliphatic rings. The summed E-state index contributed by atoms with van der Waals surface area (Å²) in [6, 6.07) is 6.14. The summed E-state index contributed by atoms with van der Waals surface area (Å²) in [6.07, 6.45) is 8.46. The Labute approximate surface area is 68.3 Å². The van der Waals surface area contributed by atoms with Crippen LogP contribution in [-0.4, -0.2) is 0 Å². The van der Waals surface area contributed by atoms with Crippen molar-refractivity contribution in [3.05, 3.63) is 47.7 Å². The van der Waals surface area contributed by atoms with E-state index >= 15 is 0 Å². The van der Waals surface area contributed by atoms with Crippen LogP contribution in [0.1, 0.15) is 16.7 Å². The van der Waals surface area contributed by atoms with Crippen LogP contribution in [-0.2, 0) is 0 Å². The largest absolute Gasteiger partial charge is 0.729 e. The SMILES string of the molecule is [C-]#C[CH-]c1ccc(C)cc1C. The van der Waals surface area contributed by atoms with Crippen LogP contribution >= 0.6 is 0 Å². The van der Waals surface area contributed by atoms with Gasteiger partial charge in [0.2, 0.25) is 0 Å². The smallest absolute Gasteiger partial charge is 0.0398 e. The van der Waals surface area contributed by atoms with Gasteiger partial charge in [-0.1, -0.05) is 29.3 Å². The van der Waals surface area contributed by atoms with E-state index < -0.39 is 0 Å². The topological polar surface area (TPSA) is 0 Å². The Morgan fingerprint density at radius 3 is 2.64 bits per heavy atom. The van der Waals surface area contributed by atoms with E-state index in [1.807, 2.05) is 19.1 Å². The molecular weight excluding hydrogens is 132 g/mol. The highest BCUT2D eigenvalue weighted by Crippen LogP contribution is 2.11. The summed E-state index contributed by atoms with van der Waals surface area (Å²) in [4.78, 5) is 0. The molecule has 0 aliphatic heterocycles. The Balaban J connectivity index is 3.01. The van der Waals surface area contributed by atoms with Gasteiger partial charge in [0, 0.05) is 0 Å². The van der Waals surface area contributed by atoms with Crippen molar-refractivity contribution in [1.82, 2.24) is 0 Å². The van der Waals surface area contributed by atoms with Crippen LogP contribution in [0.5, 0.6) is 0 Å². The lowest BCUT2D eigenvalue weighted by molar-refractivity contribution is 1.33. The second-order valence-electron chi connectivity index (χ2n) is 2.65. The molecule has 0 unspecified atom stereocenters. The van der Waals surface area contributed by atoms with E-state index in [-0.39, 0.29) is 0 Å². The number of aryl methyl sites for hydroxylation is 2. The molecule has 1 aromatic carbocycles. The molecule has 0 amide bonds. The van der Waals surface area contributed by atoms with Crippen LogP contribution < -0.4 is 0 Å². The van der Waals surface area contributed by atoms with Crippen molar-refractivity contribution in [3.63, 3.8) is 0 Å². The van der Waals surface area contributed by atoms with Gasteiger partial charge in [0.05, 0.1) is 0 Å². The summed E-state index contributed by atoms with van der Waals surface area (Å²) in [6.45, 7) is 4.10. The fourth-order valence-electron chi connectivity index (χ4n) is 1.07. The lowest BCUT2D eigenvalue weighted by atomic mass is 10.0. The molecule has 1 aromatic rings. The maximum absolute atomic E-state index is 6.78. The third-order valence-electron chi connectivity index (χ3n) is 1.65. The minimum atomic E-state index is 1.07. The van der Waals surface area contributed by atoms with Crippen LogP contribution in [0, 0.1) is 32.6 Å². The zero-order valence-corrected chi connectivity index (χ0v) is 6.81. The molecule has 56 valence electrons. The third kappa shape index (κ3) is 1.78. The van der Waals surface area contributed by atoms with E-state index in [0.717, 1.165) is 5.56 Å². The maximum atomic E-state index is 6.78. The molecule has 0 aliphatic carbocycles. The average Bonchev–Trinajstić information content (AvgIpc) is 1.95. The molecule has 0 atom stereocenters. The van der Waals surface area contributed by atoms with Gasteiger partial charge < -0.3 is 18.8 Å². The molecule has 0 saturated heterocycles. The summed E-state index contributed by atoms with van der Waals surface area (Å²) < 4.78 is 0. The predicted octanol–water partition coefficient (Wildman–Crippen LogP) is 2.45. The lowest BCUT2D eigenvalue weighted by Gasteiger charge is -2.15. The second-order valence-corrected chi connectivity index (χ2v) is 2.65. The first-order chi connectivity index (χ1) is 5.24. The van der Waals surface area contributed by atoms with Gasteiger partial charge >= 0.3 is 0 Å². The van der Waals surface area contributed by atoms with Crippen LogP contribution in [0.2, 0.25) is 0 Å². The first kappa shape index (κ1) is 7.75. The quantitative estimate of drug-likeness (QED) is 0.417. The third-order valence-corrected chi connectivity index (χ3v) is 1.65. The van der Waals surface area contributed by atoms with E-state index in [9.17, 15) is 0 Å². The van der Waals surface area contributed by atoms with Crippen molar-refractivity contribution < 1.29 is 0 Å². The number of hydrogen-bond acceptors (Lipinski definition) is 0. The van der Waals surface area contributed by atoms with Crippen molar-refractivity contribution in [2.45, 2.75) is 13.8 Å². The Kier molecular flexibility index (Phi) is 2.23. The number of rotatable bonds is 1. The van der Waals surface area contributed by atoms with E-state index in [4.69, 9.17) is 6.42 Å². The Bertz CT molecular complexity index is 289. The zero-order valence-electron chi connectivity index (χ0n) is 6.81. The number of benzene rings is 1. The molecule has 0 heterocycles. The normalized spacial score (nSPS) is 8.82. The molecule has 0 radical (unpaired) electrons. The van der Waals surface area contributed by atoms with Crippen LogP contribution in [0.4, 0.5) is 0 Å². The molecule has 0 spiro atoms. The van der Waals surface area contributed by atoms with Crippen LogP contribution in [0.3, 0.4) is 0 Å². The zero-order chi connectivity index (χ0) is 8.27. The van der Waals surface area contributed by atoms with Gasteiger partial charge in [-0.3, -0.25) is 0 Å². The molecule has 11 heavy (non-hydrogen) atoms. The Hall–Kier alpha value is -1.35. The van der Waals surface area contributed by atoms with Crippen molar-refractivity contribution in [2.24, 2.45) is 0 Å². The first-order valence-corrected chi connectivity index (χ1v) is 3.57. The second kappa shape index (κ2) is 3.16. The van der Waals surface area contributed by atoms with Crippen molar-refractivity contribution in [3.8, 4) is 5.92 Å². The molecular formula is C11H10-2. The molecule has 0 saturated carbocycles. The van der Waals surface area contributed by atoms with E-state index in [1.54, 1.807) is 6.42 Å². The molecule has 0 fully saturated rings. The molecule has 0 heteroatoms. The fourth-order valence-corrected chi connectivity index (χ4v) is 1.07.